The lowest BCUT2D eigenvalue weighted by atomic mass is 10.2. The molecule has 3 nitrogen and oxygen atoms in total. The molecule has 0 heterocycles. The Morgan fingerprint density at radius 2 is 1.00 bits per heavy atom. The predicted molar refractivity (Wildman–Crippen MR) is 133 cm³/mol. The van der Waals surface area contributed by atoms with Crippen LogP contribution in [0.5, 0.6) is 0 Å². The number of alkyl halides is 2. The summed E-state index contributed by atoms with van der Waals surface area (Å²) in [6, 6.07) is 0. The second kappa shape index (κ2) is 24.6. The van der Waals surface area contributed by atoms with E-state index in [2.05, 4.69) is 56.2 Å². The van der Waals surface area contributed by atoms with Gasteiger partial charge in [-0.1, -0.05) is 69.0 Å². The summed E-state index contributed by atoms with van der Waals surface area (Å²) in [6.45, 7) is 5.36. The lowest BCUT2D eigenvalue weighted by Crippen LogP contribution is -2.27. The molecule has 0 saturated heterocycles. The van der Waals surface area contributed by atoms with Gasteiger partial charge in [-0.2, -0.15) is 0 Å². The van der Waals surface area contributed by atoms with E-state index in [4.69, 9.17) is 14.2 Å². The fourth-order valence-corrected chi connectivity index (χ4v) is 3.72. The van der Waals surface area contributed by atoms with Crippen molar-refractivity contribution in [3.63, 3.8) is 0 Å². The number of ether oxygens (including phenoxy) is 3. The molecule has 172 valence electrons. The number of unbranched alkanes of at least 4 members (excludes halogenated alkanes) is 6. The molecule has 0 bridgehead atoms. The summed E-state index contributed by atoms with van der Waals surface area (Å²) < 4.78 is 17.7. The summed E-state index contributed by atoms with van der Waals surface area (Å²) in [5.74, 6) is 0. The van der Waals surface area contributed by atoms with Gasteiger partial charge in [-0.3, -0.25) is 0 Å². The molecule has 0 radical (unpaired) electrons. The molecule has 0 aliphatic rings. The van der Waals surface area contributed by atoms with E-state index in [-0.39, 0.29) is 12.6 Å². The number of hydrogen-bond acceptors (Lipinski definition) is 3. The van der Waals surface area contributed by atoms with Crippen LogP contribution >= 0.6 is 31.9 Å². The summed E-state index contributed by atoms with van der Waals surface area (Å²) in [6.07, 6.45) is 22.4. The molecule has 0 aromatic rings. The standard InChI is InChI=1S/C24H44Br2O3/c1-3-27-23(19-15-11-7-5-9-13-17-21-25)29-24(28-4-2)20-16-12-8-6-10-14-18-22-26/h7-8,11-12,23-24H,3-6,9-10,13-22H2,1-2H3. The van der Waals surface area contributed by atoms with Gasteiger partial charge < -0.3 is 14.2 Å². The van der Waals surface area contributed by atoms with Crippen LogP contribution in [-0.4, -0.2) is 36.5 Å². The lowest BCUT2D eigenvalue weighted by Gasteiger charge is -2.24. The van der Waals surface area contributed by atoms with Crippen LogP contribution in [0, 0.1) is 0 Å². The Morgan fingerprint density at radius 3 is 1.38 bits per heavy atom. The highest BCUT2D eigenvalue weighted by atomic mass is 79.9. The van der Waals surface area contributed by atoms with Gasteiger partial charge in [-0.15, -0.1) is 0 Å². The van der Waals surface area contributed by atoms with Crippen LogP contribution in [-0.2, 0) is 14.2 Å². The average Bonchev–Trinajstić information content (AvgIpc) is 2.72. The minimum Gasteiger partial charge on any atom is -0.353 e. The van der Waals surface area contributed by atoms with Crippen molar-refractivity contribution in [1.29, 1.82) is 0 Å². The molecule has 0 aromatic carbocycles. The third kappa shape index (κ3) is 21.3. The highest BCUT2D eigenvalue weighted by molar-refractivity contribution is 9.09. The predicted octanol–water partition coefficient (Wildman–Crippen LogP) is 8.31. The van der Waals surface area contributed by atoms with Crippen LogP contribution < -0.4 is 0 Å². The van der Waals surface area contributed by atoms with Gasteiger partial charge in [0.25, 0.3) is 0 Å². The molecule has 0 N–H and O–H groups in total. The molecule has 5 heteroatoms. The van der Waals surface area contributed by atoms with Crippen LogP contribution in [0.25, 0.3) is 0 Å². The molecule has 2 atom stereocenters. The van der Waals surface area contributed by atoms with Crippen molar-refractivity contribution in [2.75, 3.05) is 23.9 Å². The Hall–Kier alpha value is 0.320. The van der Waals surface area contributed by atoms with Crippen LogP contribution in [0.2, 0.25) is 0 Å². The van der Waals surface area contributed by atoms with Crippen LogP contribution in [0.3, 0.4) is 0 Å². The van der Waals surface area contributed by atoms with Crippen molar-refractivity contribution in [1.82, 2.24) is 0 Å². The molecule has 0 amide bonds. The van der Waals surface area contributed by atoms with E-state index in [9.17, 15) is 0 Å². The quantitative estimate of drug-likeness (QED) is 0.0598. The molecule has 2 unspecified atom stereocenters. The Kier molecular flexibility index (Phi) is 24.9. The van der Waals surface area contributed by atoms with Crippen LogP contribution in [0.15, 0.2) is 24.3 Å². The smallest absolute Gasteiger partial charge is 0.161 e. The Morgan fingerprint density at radius 1 is 0.586 bits per heavy atom. The van der Waals surface area contributed by atoms with Gasteiger partial charge in [-0.05, 0) is 65.2 Å². The van der Waals surface area contributed by atoms with E-state index >= 15 is 0 Å². The third-order valence-electron chi connectivity index (χ3n) is 4.49. The summed E-state index contributed by atoms with van der Waals surface area (Å²) in [5.41, 5.74) is 0. The maximum absolute atomic E-state index is 6.13. The first-order valence-electron chi connectivity index (χ1n) is 11.6. The first kappa shape index (κ1) is 29.3. The van der Waals surface area contributed by atoms with Gasteiger partial charge in [0, 0.05) is 36.7 Å². The topological polar surface area (TPSA) is 27.7 Å². The van der Waals surface area contributed by atoms with Gasteiger partial charge in [0.15, 0.2) is 12.6 Å². The van der Waals surface area contributed by atoms with E-state index in [1.807, 2.05) is 13.8 Å². The van der Waals surface area contributed by atoms with Crippen molar-refractivity contribution >= 4 is 31.9 Å². The highest BCUT2D eigenvalue weighted by Gasteiger charge is 2.16. The Bertz CT molecular complexity index is 341. The first-order valence-corrected chi connectivity index (χ1v) is 13.8. The summed E-state index contributed by atoms with van der Waals surface area (Å²) >= 11 is 6.96. The van der Waals surface area contributed by atoms with Gasteiger partial charge in [0.2, 0.25) is 0 Å². The Labute approximate surface area is 197 Å². The van der Waals surface area contributed by atoms with E-state index in [0.717, 1.165) is 49.2 Å². The molecule has 0 rings (SSSR count). The molecule has 0 aromatic heterocycles. The minimum absolute atomic E-state index is 0.192. The maximum Gasteiger partial charge on any atom is 0.161 e. The second-order valence-electron chi connectivity index (χ2n) is 7.08. The Balaban J connectivity index is 4.11. The van der Waals surface area contributed by atoms with Gasteiger partial charge in [0.1, 0.15) is 0 Å². The zero-order chi connectivity index (χ0) is 21.4. The fraction of sp³-hybridized carbons (Fsp3) is 0.833. The van der Waals surface area contributed by atoms with Crippen molar-refractivity contribution in [3.8, 4) is 0 Å². The van der Waals surface area contributed by atoms with Crippen LogP contribution in [0.1, 0.15) is 90.9 Å². The number of halogens is 2. The SMILES string of the molecule is CCOC(CCC=CCCCCCBr)OC(CCC=CCCCCCBr)OCC. The van der Waals surface area contributed by atoms with E-state index in [1.54, 1.807) is 0 Å². The highest BCUT2D eigenvalue weighted by Crippen LogP contribution is 2.14. The van der Waals surface area contributed by atoms with Crippen molar-refractivity contribution in [3.05, 3.63) is 24.3 Å². The maximum atomic E-state index is 6.13. The number of allylic oxidation sites excluding steroid dienone is 4. The van der Waals surface area contributed by atoms with Crippen molar-refractivity contribution in [2.45, 2.75) is 103 Å². The molecule has 0 aliphatic carbocycles. The largest absolute Gasteiger partial charge is 0.353 e. The van der Waals surface area contributed by atoms with E-state index < -0.39 is 0 Å². The molecular weight excluding hydrogens is 496 g/mol. The molecule has 0 saturated carbocycles. The molecule has 0 fully saturated rings. The summed E-state index contributed by atoms with van der Waals surface area (Å²) in [7, 11) is 0. The fourth-order valence-electron chi connectivity index (χ4n) is 2.93. The monoisotopic (exact) mass is 538 g/mol. The number of rotatable bonds is 22. The zero-order valence-electron chi connectivity index (χ0n) is 18.8. The van der Waals surface area contributed by atoms with E-state index in [0.29, 0.717) is 13.2 Å². The minimum atomic E-state index is -0.192. The molecular formula is C24H44Br2O3. The van der Waals surface area contributed by atoms with Gasteiger partial charge in [-0.25, -0.2) is 0 Å². The molecule has 29 heavy (non-hydrogen) atoms. The zero-order valence-corrected chi connectivity index (χ0v) is 21.9. The van der Waals surface area contributed by atoms with Crippen LogP contribution in [0.4, 0.5) is 0 Å². The van der Waals surface area contributed by atoms with Gasteiger partial charge >= 0.3 is 0 Å². The summed E-state index contributed by atoms with van der Waals surface area (Å²) in [5, 5.41) is 2.22. The van der Waals surface area contributed by atoms with Crippen molar-refractivity contribution in [2.24, 2.45) is 0 Å². The molecule has 0 spiro atoms. The first-order chi connectivity index (χ1) is 14.3. The van der Waals surface area contributed by atoms with Crippen molar-refractivity contribution < 1.29 is 14.2 Å². The number of hydrogen-bond donors (Lipinski definition) is 0. The average molecular weight is 540 g/mol. The van der Waals surface area contributed by atoms with Gasteiger partial charge in [0.05, 0.1) is 0 Å². The lowest BCUT2D eigenvalue weighted by molar-refractivity contribution is -0.246. The summed E-state index contributed by atoms with van der Waals surface area (Å²) in [4.78, 5) is 0. The molecule has 0 aliphatic heterocycles. The normalized spacial score (nSPS) is 14.2. The third-order valence-corrected chi connectivity index (χ3v) is 5.61. The second-order valence-corrected chi connectivity index (χ2v) is 8.67. The van der Waals surface area contributed by atoms with E-state index in [1.165, 1.54) is 38.5 Å².